The number of nitriles is 1. The van der Waals surface area contributed by atoms with Gasteiger partial charge in [-0.2, -0.15) is 5.26 Å². The lowest BCUT2D eigenvalue weighted by Crippen LogP contribution is -2.51. The van der Waals surface area contributed by atoms with E-state index in [1.807, 2.05) is 43.9 Å². The van der Waals surface area contributed by atoms with Gasteiger partial charge < -0.3 is 25.0 Å². The summed E-state index contributed by atoms with van der Waals surface area (Å²) in [5.74, 6) is -2.36. The van der Waals surface area contributed by atoms with Crippen LogP contribution in [0.15, 0.2) is 77.3 Å². The quantitative estimate of drug-likeness (QED) is 0.551. The lowest BCUT2D eigenvalue weighted by Gasteiger charge is -2.39. The molecule has 10 heteroatoms. The van der Waals surface area contributed by atoms with Crippen LogP contribution in [0, 0.1) is 16.7 Å². The lowest BCUT2D eigenvalue weighted by molar-refractivity contribution is -0.139. The number of ether oxygens (including phenoxy) is 2. The molecule has 2 aliphatic rings. The fraction of sp³-hybridized carbons (Fsp3) is 0.355. The van der Waals surface area contributed by atoms with Gasteiger partial charge in [-0.3, -0.25) is 9.69 Å². The maximum Gasteiger partial charge on any atom is 0.355 e. The lowest BCUT2D eigenvalue weighted by atomic mass is 9.81. The van der Waals surface area contributed by atoms with Gasteiger partial charge in [0.25, 0.3) is 0 Å². The van der Waals surface area contributed by atoms with Crippen LogP contribution in [-0.2, 0) is 23.9 Å². The smallest absolute Gasteiger partial charge is 0.355 e. The first-order valence-corrected chi connectivity index (χ1v) is 13.3. The van der Waals surface area contributed by atoms with Gasteiger partial charge in [-0.05, 0) is 29.8 Å². The van der Waals surface area contributed by atoms with E-state index >= 15 is 0 Å². The van der Waals surface area contributed by atoms with Gasteiger partial charge in [0.1, 0.15) is 11.5 Å². The van der Waals surface area contributed by atoms with Crippen LogP contribution in [0.4, 0.5) is 11.4 Å². The van der Waals surface area contributed by atoms with Gasteiger partial charge in [0.15, 0.2) is 0 Å². The largest absolute Gasteiger partial charge is 0.466 e. The van der Waals surface area contributed by atoms with Crippen molar-refractivity contribution < 1.29 is 23.9 Å². The number of amides is 1. The number of esters is 2. The summed E-state index contributed by atoms with van der Waals surface area (Å²) in [6.07, 6.45) is 0. The monoisotopic (exact) mass is 557 g/mol. The molecule has 1 atom stereocenters. The van der Waals surface area contributed by atoms with Gasteiger partial charge in [-0.1, -0.05) is 51.1 Å². The van der Waals surface area contributed by atoms with E-state index < -0.39 is 23.3 Å². The molecular weight excluding hydrogens is 522 g/mol. The molecule has 41 heavy (non-hydrogen) atoms. The molecule has 1 saturated heterocycles. The predicted molar refractivity (Wildman–Crippen MR) is 154 cm³/mol. The molecule has 4 rings (SSSR count). The van der Waals surface area contributed by atoms with Gasteiger partial charge >= 0.3 is 11.9 Å². The van der Waals surface area contributed by atoms with E-state index in [2.05, 4.69) is 11.0 Å². The number of carbonyl (C=O) groups is 3. The molecule has 2 aliphatic heterocycles. The van der Waals surface area contributed by atoms with Crippen LogP contribution < -0.4 is 15.5 Å². The number of allylic oxidation sites excluding steroid dienone is 1. The molecule has 0 radical (unpaired) electrons. The maximum atomic E-state index is 13.2. The second-order valence-corrected chi connectivity index (χ2v) is 10.9. The van der Waals surface area contributed by atoms with E-state index in [1.54, 1.807) is 36.4 Å². The van der Waals surface area contributed by atoms with E-state index in [9.17, 15) is 19.6 Å². The van der Waals surface area contributed by atoms with Crippen molar-refractivity contribution in [3.63, 3.8) is 0 Å². The minimum absolute atomic E-state index is 0.0106. The minimum Gasteiger partial charge on any atom is -0.466 e. The number of benzene rings is 2. The normalized spacial score (nSPS) is 17.8. The van der Waals surface area contributed by atoms with Gasteiger partial charge in [0.05, 0.1) is 37.4 Å². The number of carbonyl (C=O) groups excluding carboxylic acids is 3. The number of hydrogen-bond acceptors (Lipinski definition) is 9. The second-order valence-electron chi connectivity index (χ2n) is 10.9. The number of nitrogens with two attached hydrogens (primary N) is 1. The number of methoxy groups -OCH3 is 2. The van der Waals surface area contributed by atoms with Gasteiger partial charge in [-0.15, -0.1) is 0 Å². The highest BCUT2D eigenvalue weighted by Gasteiger charge is 2.43. The first kappa shape index (κ1) is 29.2. The van der Waals surface area contributed by atoms with Crippen molar-refractivity contribution in [1.82, 2.24) is 4.90 Å². The molecule has 2 heterocycles. The average Bonchev–Trinajstić information content (AvgIpc) is 2.99. The molecule has 2 aromatic carbocycles. The molecular formula is C31H35N5O5. The van der Waals surface area contributed by atoms with Crippen molar-refractivity contribution in [3.8, 4) is 6.07 Å². The third-order valence-corrected chi connectivity index (χ3v) is 7.29. The standard InChI is InChI=1S/C31H35N5O5/c1-31(2,3)30(39)35-17-15-34(16-18-35)21-11-13-22(14-12-21)36-26(29(38)41-5)25(28(37)40-4)24(23(19-32)27(36)33)20-9-7-6-8-10-20/h6-14,24H,15-18,33H2,1-5H3. The topological polar surface area (TPSA) is 129 Å². The van der Waals surface area contributed by atoms with Gasteiger partial charge in [-0.25, -0.2) is 9.59 Å². The molecule has 1 amide bonds. The first-order valence-electron chi connectivity index (χ1n) is 13.3. The highest BCUT2D eigenvalue weighted by Crippen LogP contribution is 2.43. The predicted octanol–water partition coefficient (Wildman–Crippen LogP) is 3.28. The Kier molecular flexibility index (Phi) is 8.38. The van der Waals surface area contributed by atoms with Crippen LogP contribution in [0.1, 0.15) is 32.3 Å². The summed E-state index contributed by atoms with van der Waals surface area (Å²) in [6.45, 7) is 8.33. The van der Waals surface area contributed by atoms with Crippen molar-refractivity contribution in [2.24, 2.45) is 11.1 Å². The number of rotatable bonds is 5. The molecule has 2 aromatic rings. The second kappa shape index (κ2) is 11.8. The van der Waals surface area contributed by atoms with E-state index in [-0.39, 0.29) is 28.6 Å². The van der Waals surface area contributed by atoms with Crippen molar-refractivity contribution in [2.75, 3.05) is 50.2 Å². The van der Waals surface area contributed by atoms with Crippen LogP contribution in [-0.4, -0.2) is 63.1 Å². The van der Waals surface area contributed by atoms with Gasteiger partial charge in [0.2, 0.25) is 5.91 Å². The highest BCUT2D eigenvalue weighted by molar-refractivity contribution is 6.06. The Morgan fingerprint density at radius 2 is 1.44 bits per heavy atom. The molecule has 214 valence electrons. The Bertz CT molecular complexity index is 1430. The number of anilines is 2. The summed E-state index contributed by atoms with van der Waals surface area (Å²) < 4.78 is 10.2. The molecule has 0 bridgehead atoms. The summed E-state index contributed by atoms with van der Waals surface area (Å²) in [5.41, 5.74) is 8.09. The van der Waals surface area contributed by atoms with E-state index in [4.69, 9.17) is 15.2 Å². The number of piperazine rings is 1. The molecule has 2 N–H and O–H groups in total. The van der Waals surface area contributed by atoms with Crippen LogP contribution in [0.3, 0.4) is 0 Å². The van der Waals surface area contributed by atoms with Crippen LogP contribution in [0.25, 0.3) is 0 Å². The molecule has 10 nitrogen and oxygen atoms in total. The molecule has 0 aromatic heterocycles. The van der Waals surface area contributed by atoms with Crippen LogP contribution in [0.5, 0.6) is 0 Å². The van der Waals surface area contributed by atoms with Crippen molar-refractivity contribution in [1.29, 1.82) is 5.26 Å². The zero-order chi connectivity index (χ0) is 29.9. The fourth-order valence-electron chi connectivity index (χ4n) is 5.24. The third-order valence-electron chi connectivity index (χ3n) is 7.29. The Labute approximate surface area is 240 Å². The first-order chi connectivity index (χ1) is 19.5. The summed E-state index contributed by atoms with van der Waals surface area (Å²) in [6, 6.07) is 18.3. The Balaban J connectivity index is 1.73. The number of hydrogen-bond donors (Lipinski definition) is 1. The maximum absolute atomic E-state index is 13.2. The Morgan fingerprint density at radius 3 is 1.95 bits per heavy atom. The van der Waals surface area contributed by atoms with E-state index in [0.29, 0.717) is 37.4 Å². The molecule has 0 aliphatic carbocycles. The minimum atomic E-state index is -0.926. The molecule has 1 fully saturated rings. The van der Waals surface area contributed by atoms with E-state index in [0.717, 1.165) is 5.69 Å². The van der Waals surface area contributed by atoms with Crippen molar-refractivity contribution in [3.05, 3.63) is 82.8 Å². The van der Waals surface area contributed by atoms with Gasteiger partial charge in [0, 0.05) is 43.0 Å². The Hall–Kier alpha value is -4.78. The average molecular weight is 558 g/mol. The summed E-state index contributed by atoms with van der Waals surface area (Å²) >= 11 is 0. The van der Waals surface area contributed by atoms with Crippen LogP contribution in [0.2, 0.25) is 0 Å². The summed E-state index contributed by atoms with van der Waals surface area (Å²) in [4.78, 5) is 44.6. The van der Waals surface area contributed by atoms with E-state index in [1.165, 1.54) is 19.1 Å². The van der Waals surface area contributed by atoms with Crippen LogP contribution >= 0.6 is 0 Å². The Morgan fingerprint density at radius 1 is 0.878 bits per heavy atom. The highest BCUT2D eigenvalue weighted by atomic mass is 16.5. The number of nitrogens with zero attached hydrogens (tertiary/aromatic N) is 4. The SMILES string of the molecule is COC(=O)C1=C(C(=O)OC)N(c2ccc(N3CCN(C(=O)C(C)(C)C)CC3)cc2)C(N)=C(C#N)C1c1ccccc1. The fourth-order valence-corrected chi connectivity index (χ4v) is 5.24. The molecule has 0 spiro atoms. The van der Waals surface area contributed by atoms with Crippen molar-refractivity contribution in [2.45, 2.75) is 26.7 Å². The zero-order valence-corrected chi connectivity index (χ0v) is 24.0. The summed E-state index contributed by atoms with van der Waals surface area (Å²) in [7, 11) is 2.43. The van der Waals surface area contributed by atoms with Crippen molar-refractivity contribution >= 4 is 29.2 Å². The zero-order valence-electron chi connectivity index (χ0n) is 24.0. The molecule has 0 saturated carbocycles. The third kappa shape index (κ3) is 5.61. The molecule has 1 unspecified atom stereocenters. The summed E-state index contributed by atoms with van der Waals surface area (Å²) in [5, 5.41) is 10.2.